The highest BCUT2D eigenvalue weighted by Gasteiger charge is 2.17. The molecule has 0 saturated carbocycles. The van der Waals surface area contributed by atoms with E-state index in [0.29, 0.717) is 28.0 Å². The maximum absolute atomic E-state index is 13.6. The van der Waals surface area contributed by atoms with Gasteiger partial charge in [-0.15, -0.1) is 0 Å². The van der Waals surface area contributed by atoms with Gasteiger partial charge in [-0.1, -0.05) is 0 Å². The van der Waals surface area contributed by atoms with E-state index in [0.717, 1.165) is 10.8 Å². The zero-order chi connectivity index (χ0) is 13.9. The summed E-state index contributed by atoms with van der Waals surface area (Å²) in [5.74, 6) is 0.820. The number of H-pyrrole nitrogens is 1. The molecule has 5 heteroatoms. The molecule has 100 valence electrons. The fourth-order valence-electron chi connectivity index (χ4n) is 2.61. The number of aromatic nitrogens is 1. The zero-order valence-corrected chi connectivity index (χ0v) is 10.6. The number of hydrogen-bond acceptors (Lipinski definition) is 3. The molecule has 0 fully saturated rings. The van der Waals surface area contributed by atoms with Crippen molar-refractivity contribution in [2.45, 2.75) is 6.92 Å². The van der Waals surface area contributed by atoms with Crippen LogP contribution in [0.5, 0.6) is 11.5 Å². The fraction of sp³-hybridized carbons (Fsp3) is 0.133. The van der Waals surface area contributed by atoms with Crippen molar-refractivity contribution >= 4 is 21.7 Å². The lowest BCUT2D eigenvalue weighted by molar-refractivity contribution is 0.174. The summed E-state index contributed by atoms with van der Waals surface area (Å²) < 4.78 is 24.3. The molecule has 2 heterocycles. The Labute approximate surface area is 112 Å². The van der Waals surface area contributed by atoms with Gasteiger partial charge >= 0.3 is 0 Å². The van der Waals surface area contributed by atoms with Crippen molar-refractivity contribution < 1.29 is 13.9 Å². The molecule has 4 rings (SSSR count). The van der Waals surface area contributed by atoms with Gasteiger partial charge < -0.3 is 14.5 Å². The number of nitrogens with one attached hydrogen (secondary N) is 1. The molecule has 0 bridgehead atoms. The predicted molar refractivity (Wildman–Crippen MR) is 72.9 cm³/mol. The average Bonchev–Trinajstić information content (AvgIpc) is 2.89. The van der Waals surface area contributed by atoms with Crippen molar-refractivity contribution in [3.05, 3.63) is 46.0 Å². The number of pyridine rings is 1. The first kappa shape index (κ1) is 11.3. The molecule has 0 radical (unpaired) electrons. The SMILES string of the molecule is Cc1c(F)ccc2c1[nH]c(=O)c1cc3c(cc12)OCO3. The standard InChI is InChI=1S/C15H10FNO3/c1-7-11(16)3-2-8-9-4-12-13(20-6-19-12)5-10(9)15(18)17-14(7)8/h2-5H,6H2,1H3,(H,17,18). The number of rotatable bonds is 0. The van der Waals surface area contributed by atoms with Crippen LogP contribution < -0.4 is 15.0 Å². The van der Waals surface area contributed by atoms with Gasteiger partial charge in [0.15, 0.2) is 11.5 Å². The lowest BCUT2D eigenvalue weighted by Gasteiger charge is -2.08. The van der Waals surface area contributed by atoms with Crippen LogP contribution in [0.3, 0.4) is 0 Å². The van der Waals surface area contributed by atoms with Crippen molar-refractivity contribution in [2.75, 3.05) is 6.79 Å². The zero-order valence-electron chi connectivity index (χ0n) is 10.6. The second kappa shape index (κ2) is 3.72. The van der Waals surface area contributed by atoms with E-state index in [1.807, 2.05) is 0 Å². The Kier molecular flexibility index (Phi) is 2.10. The molecule has 1 aliphatic rings. The second-order valence-electron chi connectivity index (χ2n) is 4.80. The Morgan fingerprint density at radius 1 is 1.10 bits per heavy atom. The van der Waals surface area contributed by atoms with E-state index in [2.05, 4.69) is 4.98 Å². The Morgan fingerprint density at radius 2 is 1.80 bits per heavy atom. The first-order valence-electron chi connectivity index (χ1n) is 6.19. The highest BCUT2D eigenvalue weighted by molar-refractivity contribution is 6.07. The van der Waals surface area contributed by atoms with Crippen LogP contribution in [0, 0.1) is 12.7 Å². The molecule has 0 amide bonds. The smallest absolute Gasteiger partial charge is 0.256 e. The quantitative estimate of drug-likeness (QED) is 0.640. The van der Waals surface area contributed by atoms with Gasteiger partial charge in [-0.2, -0.15) is 0 Å². The van der Waals surface area contributed by atoms with Gasteiger partial charge in [0.25, 0.3) is 5.56 Å². The molecule has 0 atom stereocenters. The minimum atomic E-state index is -0.340. The molecule has 4 nitrogen and oxygen atoms in total. The summed E-state index contributed by atoms with van der Waals surface area (Å²) in [6, 6.07) is 6.50. The molecule has 20 heavy (non-hydrogen) atoms. The van der Waals surface area contributed by atoms with Gasteiger partial charge in [0, 0.05) is 16.3 Å². The van der Waals surface area contributed by atoms with Crippen molar-refractivity contribution in [3.8, 4) is 11.5 Å². The fourth-order valence-corrected chi connectivity index (χ4v) is 2.61. The van der Waals surface area contributed by atoms with E-state index in [-0.39, 0.29) is 18.2 Å². The van der Waals surface area contributed by atoms with E-state index >= 15 is 0 Å². The van der Waals surface area contributed by atoms with Gasteiger partial charge in [-0.3, -0.25) is 4.79 Å². The summed E-state index contributed by atoms with van der Waals surface area (Å²) in [4.78, 5) is 14.9. The molecule has 3 aromatic rings. The summed E-state index contributed by atoms with van der Waals surface area (Å²) in [6.07, 6.45) is 0. The summed E-state index contributed by atoms with van der Waals surface area (Å²) in [5, 5.41) is 2.03. The van der Waals surface area contributed by atoms with E-state index in [1.54, 1.807) is 25.1 Å². The number of ether oxygens (including phenoxy) is 2. The van der Waals surface area contributed by atoms with E-state index < -0.39 is 0 Å². The summed E-state index contributed by atoms with van der Waals surface area (Å²) in [7, 11) is 0. The molecule has 0 unspecified atom stereocenters. The number of halogens is 1. The van der Waals surface area contributed by atoms with Crippen LogP contribution in [-0.2, 0) is 0 Å². The molecular weight excluding hydrogens is 261 g/mol. The van der Waals surface area contributed by atoms with Crippen LogP contribution in [-0.4, -0.2) is 11.8 Å². The van der Waals surface area contributed by atoms with E-state index in [4.69, 9.17) is 9.47 Å². The molecule has 0 aliphatic carbocycles. The first-order chi connectivity index (χ1) is 9.65. The largest absolute Gasteiger partial charge is 0.454 e. The summed E-state index contributed by atoms with van der Waals surface area (Å²) in [5.41, 5.74) is 0.681. The molecule has 0 spiro atoms. The number of benzene rings is 2. The van der Waals surface area contributed by atoms with Crippen LogP contribution in [0.2, 0.25) is 0 Å². The molecular formula is C15H10FNO3. The maximum atomic E-state index is 13.6. The van der Waals surface area contributed by atoms with E-state index in [1.165, 1.54) is 6.07 Å². The monoisotopic (exact) mass is 271 g/mol. The van der Waals surface area contributed by atoms with Crippen LogP contribution in [0.15, 0.2) is 29.1 Å². The van der Waals surface area contributed by atoms with Gasteiger partial charge in [-0.05, 0) is 31.2 Å². The van der Waals surface area contributed by atoms with E-state index in [9.17, 15) is 9.18 Å². The van der Waals surface area contributed by atoms with Crippen molar-refractivity contribution in [1.82, 2.24) is 4.98 Å². The van der Waals surface area contributed by atoms with Gasteiger partial charge in [0.1, 0.15) is 5.82 Å². The Bertz CT molecular complexity index is 930. The molecule has 1 aromatic heterocycles. The van der Waals surface area contributed by atoms with Crippen molar-refractivity contribution in [2.24, 2.45) is 0 Å². The number of aryl methyl sites for hydroxylation is 1. The molecule has 2 aromatic carbocycles. The number of aromatic amines is 1. The maximum Gasteiger partial charge on any atom is 0.256 e. The van der Waals surface area contributed by atoms with Crippen LogP contribution in [0.4, 0.5) is 4.39 Å². The number of hydrogen-bond donors (Lipinski definition) is 1. The van der Waals surface area contributed by atoms with Gasteiger partial charge in [0.2, 0.25) is 6.79 Å². The molecule has 1 aliphatic heterocycles. The van der Waals surface area contributed by atoms with Crippen LogP contribution in [0.25, 0.3) is 21.7 Å². The topological polar surface area (TPSA) is 51.3 Å². The highest BCUT2D eigenvalue weighted by atomic mass is 19.1. The third-order valence-corrected chi connectivity index (χ3v) is 3.68. The summed E-state index contributed by atoms with van der Waals surface area (Å²) >= 11 is 0. The first-order valence-corrected chi connectivity index (χ1v) is 6.19. The molecule has 0 saturated heterocycles. The highest BCUT2D eigenvalue weighted by Crippen LogP contribution is 2.37. The Morgan fingerprint density at radius 3 is 2.55 bits per heavy atom. The van der Waals surface area contributed by atoms with Gasteiger partial charge in [0.05, 0.1) is 10.9 Å². The average molecular weight is 271 g/mol. The Balaban J connectivity index is 2.25. The second-order valence-corrected chi connectivity index (χ2v) is 4.80. The third kappa shape index (κ3) is 1.37. The van der Waals surface area contributed by atoms with Crippen LogP contribution >= 0.6 is 0 Å². The lowest BCUT2D eigenvalue weighted by Crippen LogP contribution is -2.07. The minimum absolute atomic E-state index is 0.148. The third-order valence-electron chi connectivity index (χ3n) is 3.68. The predicted octanol–water partition coefficient (Wildman–Crippen LogP) is 2.86. The lowest BCUT2D eigenvalue weighted by atomic mass is 10.0. The van der Waals surface area contributed by atoms with Crippen molar-refractivity contribution in [1.29, 1.82) is 0 Å². The minimum Gasteiger partial charge on any atom is -0.454 e. The molecule has 1 N–H and O–H groups in total. The van der Waals surface area contributed by atoms with Gasteiger partial charge in [-0.25, -0.2) is 4.39 Å². The normalized spacial score (nSPS) is 13.3. The number of fused-ring (bicyclic) bond motifs is 4. The van der Waals surface area contributed by atoms with Crippen molar-refractivity contribution in [3.63, 3.8) is 0 Å². The summed E-state index contributed by atoms with van der Waals surface area (Å²) in [6.45, 7) is 1.79. The van der Waals surface area contributed by atoms with Crippen LogP contribution in [0.1, 0.15) is 5.56 Å². The Hall–Kier alpha value is -2.56.